The van der Waals surface area contributed by atoms with Crippen LogP contribution in [-0.4, -0.2) is 5.91 Å². The summed E-state index contributed by atoms with van der Waals surface area (Å²) in [6.45, 7) is 0. The second-order valence-corrected chi connectivity index (χ2v) is 3.15. The first-order valence-electron chi connectivity index (χ1n) is 4.70. The van der Waals surface area contributed by atoms with Gasteiger partial charge in [0.05, 0.1) is 6.26 Å². The van der Waals surface area contributed by atoms with Crippen LogP contribution in [0, 0.1) is 0 Å². The molecular formula is C12H9NO3. The van der Waals surface area contributed by atoms with Gasteiger partial charge in [-0.25, -0.2) is 0 Å². The zero-order valence-electron chi connectivity index (χ0n) is 8.34. The summed E-state index contributed by atoms with van der Waals surface area (Å²) in [6, 6.07) is 10.1. The Morgan fingerprint density at radius 3 is 2.56 bits per heavy atom. The van der Waals surface area contributed by atoms with Crippen molar-refractivity contribution >= 4 is 11.6 Å². The van der Waals surface area contributed by atoms with Crippen LogP contribution in [0.2, 0.25) is 0 Å². The molecule has 0 aliphatic carbocycles. The molecule has 1 amide bonds. The SMILES string of the molecule is O=C(Nc1ccccc1)c1coccc1=O. The van der Waals surface area contributed by atoms with Gasteiger partial charge in [0.15, 0.2) is 5.43 Å². The van der Waals surface area contributed by atoms with Crippen LogP contribution >= 0.6 is 0 Å². The fourth-order valence-electron chi connectivity index (χ4n) is 1.24. The number of carbonyl (C=O) groups excluding carboxylic acids is 1. The van der Waals surface area contributed by atoms with E-state index in [0.29, 0.717) is 5.69 Å². The van der Waals surface area contributed by atoms with Crippen LogP contribution in [0.4, 0.5) is 5.69 Å². The molecule has 0 bridgehead atoms. The Bertz CT molecular complexity index is 545. The van der Waals surface area contributed by atoms with Gasteiger partial charge in [-0.15, -0.1) is 0 Å². The van der Waals surface area contributed by atoms with Crippen molar-refractivity contribution in [1.82, 2.24) is 0 Å². The fraction of sp³-hybridized carbons (Fsp3) is 0. The van der Waals surface area contributed by atoms with Crippen LogP contribution in [0.25, 0.3) is 0 Å². The predicted octanol–water partition coefficient (Wildman–Crippen LogP) is 1.89. The number of hydrogen-bond donors (Lipinski definition) is 1. The van der Waals surface area contributed by atoms with Crippen molar-refractivity contribution in [2.45, 2.75) is 0 Å². The summed E-state index contributed by atoms with van der Waals surface area (Å²) in [6.07, 6.45) is 2.38. The number of nitrogens with one attached hydrogen (secondary N) is 1. The third kappa shape index (κ3) is 2.17. The van der Waals surface area contributed by atoms with Gasteiger partial charge in [-0.05, 0) is 12.1 Å². The van der Waals surface area contributed by atoms with Gasteiger partial charge < -0.3 is 9.73 Å². The number of anilines is 1. The van der Waals surface area contributed by atoms with E-state index < -0.39 is 5.91 Å². The van der Waals surface area contributed by atoms with Gasteiger partial charge in [-0.3, -0.25) is 9.59 Å². The average Bonchev–Trinajstić information content (AvgIpc) is 2.31. The molecule has 1 aromatic heterocycles. The highest BCUT2D eigenvalue weighted by molar-refractivity contribution is 6.03. The topological polar surface area (TPSA) is 59.3 Å². The standard InChI is InChI=1S/C12H9NO3/c14-11-6-7-16-8-10(11)12(15)13-9-4-2-1-3-5-9/h1-8H,(H,13,15). The smallest absolute Gasteiger partial charge is 0.262 e. The van der Waals surface area contributed by atoms with Gasteiger partial charge in [-0.2, -0.15) is 0 Å². The summed E-state index contributed by atoms with van der Waals surface area (Å²) in [4.78, 5) is 23.0. The molecule has 0 atom stereocenters. The lowest BCUT2D eigenvalue weighted by Crippen LogP contribution is -2.20. The van der Waals surface area contributed by atoms with Crippen molar-refractivity contribution in [3.8, 4) is 0 Å². The summed E-state index contributed by atoms with van der Waals surface area (Å²) in [7, 11) is 0. The van der Waals surface area contributed by atoms with Gasteiger partial charge >= 0.3 is 0 Å². The molecule has 2 rings (SSSR count). The molecular weight excluding hydrogens is 206 g/mol. The number of benzene rings is 1. The summed E-state index contributed by atoms with van der Waals surface area (Å²) < 4.78 is 4.79. The molecule has 0 saturated carbocycles. The number of hydrogen-bond acceptors (Lipinski definition) is 3. The van der Waals surface area contributed by atoms with E-state index in [1.54, 1.807) is 24.3 Å². The maximum absolute atomic E-state index is 11.7. The lowest BCUT2D eigenvalue weighted by atomic mass is 10.2. The van der Waals surface area contributed by atoms with Crippen LogP contribution in [0.15, 0.2) is 58.1 Å². The monoisotopic (exact) mass is 215 g/mol. The predicted molar refractivity (Wildman–Crippen MR) is 59.4 cm³/mol. The van der Waals surface area contributed by atoms with Crippen LogP contribution in [0.5, 0.6) is 0 Å². The first-order valence-corrected chi connectivity index (χ1v) is 4.70. The Balaban J connectivity index is 2.22. The van der Waals surface area contributed by atoms with Crippen molar-refractivity contribution in [3.63, 3.8) is 0 Å². The Labute approximate surface area is 91.5 Å². The van der Waals surface area contributed by atoms with Crippen molar-refractivity contribution in [3.05, 3.63) is 64.7 Å². The van der Waals surface area contributed by atoms with Crippen molar-refractivity contribution in [1.29, 1.82) is 0 Å². The zero-order chi connectivity index (χ0) is 11.4. The number of amides is 1. The quantitative estimate of drug-likeness (QED) is 0.832. The summed E-state index contributed by atoms with van der Waals surface area (Å²) in [5.74, 6) is -0.472. The molecule has 1 heterocycles. The van der Waals surface area contributed by atoms with E-state index in [-0.39, 0.29) is 11.0 Å². The second kappa shape index (κ2) is 4.44. The van der Waals surface area contributed by atoms with E-state index in [4.69, 9.17) is 4.42 Å². The Morgan fingerprint density at radius 1 is 1.12 bits per heavy atom. The molecule has 0 spiro atoms. The Kier molecular flexibility index (Phi) is 2.82. The van der Waals surface area contributed by atoms with E-state index in [9.17, 15) is 9.59 Å². The third-order valence-electron chi connectivity index (χ3n) is 2.03. The molecule has 4 nitrogen and oxygen atoms in total. The lowest BCUT2D eigenvalue weighted by molar-refractivity contribution is 0.102. The fourth-order valence-corrected chi connectivity index (χ4v) is 1.24. The summed E-state index contributed by atoms with van der Waals surface area (Å²) in [5.41, 5.74) is 0.266. The highest BCUT2D eigenvalue weighted by Crippen LogP contribution is 2.06. The molecule has 0 radical (unpaired) electrons. The molecule has 80 valence electrons. The largest absolute Gasteiger partial charge is 0.472 e. The molecule has 0 fully saturated rings. The van der Waals surface area contributed by atoms with Gasteiger partial charge in [0.1, 0.15) is 11.8 Å². The molecule has 16 heavy (non-hydrogen) atoms. The first kappa shape index (κ1) is 10.2. The Hall–Kier alpha value is -2.36. The van der Waals surface area contributed by atoms with Crippen LogP contribution < -0.4 is 10.7 Å². The number of carbonyl (C=O) groups is 1. The maximum atomic E-state index is 11.7. The lowest BCUT2D eigenvalue weighted by Gasteiger charge is -2.02. The zero-order valence-corrected chi connectivity index (χ0v) is 8.34. The Morgan fingerprint density at radius 2 is 1.88 bits per heavy atom. The average molecular weight is 215 g/mol. The molecule has 0 unspecified atom stereocenters. The minimum Gasteiger partial charge on any atom is -0.472 e. The second-order valence-electron chi connectivity index (χ2n) is 3.15. The first-order chi connectivity index (χ1) is 7.77. The van der Waals surface area contributed by atoms with Gasteiger partial charge in [0, 0.05) is 11.8 Å². The highest BCUT2D eigenvalue weighted by atomic mass is 16.3. The van der Waals surface area contributed by atoms with Gasteiger partial charge in [-0.1, -0.05) is 18.2 Å². The third-order valence-corrected chi connectivity index (χ3v) is 2.03. The molecule has 0 aliphatic heterocycles. The van der Waals surface area contributed by atoms with E-state index in [0.717, 1.165) is 6.26 Å². The number of para-hydroxylation sites is 1. The number of rotatable bonds is 2. The minimum absolute atomic E-state index is 0.00801. The van der Waals surface area contributed by atoms with E-state index in [1.807, 2.05) is 6.07 Å². The molecule has 4 heteroatoms. The van der Waals surface area contributed by atoms with Crippen LogP contribution in [0.3, 0.4) is 0 Å². The highest BCUT2D eigenvalue weighted by Gasteiger charge is 2.09. The van der Waals surface area contributed by atoms with Gasteiger partial charge in [0.2, 0.25) is 0 Å². The van der Waals surface area contributed by atoms with Crippen molar-refractivity contribution in [2.24, 2.45) is 0 Å². The van der Waals surface area contributed by atoms with E-state index in [2.05, 4.69) is 5.32 Å². The van der Waals surface area contributed by atoms with Crippen molar-refractivity contribution in [2.75, 3.05) is 5.32 Å². The molecule has 0 saturated heterocycles. The van der Waals surface area contributed by atoms with E-state index >= 15 is 0 Å². The molecule has 1 N–H and O–H groups in total. The van der Waals surface area contributed by atoms with Crippen molar-refractivity contribution < 1.29 is 9.21 Å². The normalized spacial score (nSPS) is 9.75. The van der Waals surface area contributed by atoms with Crippen LogP contribution in [-0.2, 0) is 0 Å². The molecule has 1 aromatic carbocycles. The molecule has 2 aromatic rings. The minimum atomic E-state index is -0.472. The van der Waals surface area contributed by atoms with Gasteiger partial charge in [0.25, 0.3) is 5.91 Å². The summed E-state index contributed by atoms with van der Waals surface area (Å²) in [5, 5.41) is 2.60. The maximum Gasteiger partial charge on any atom is 0.262 e. The summed E-state index contributed by atoms with van der Waals surface area (Å²) >= 11 is 0. The van der Waals surface area contributed by atoms with E-state index in [1.165, 1.54) is 12.3 Å². The van der Waals surface area contributed by atoms with Crippen LogP contribution in [0.1, 0.15) is 10.4 Å². The molecule has 0 aliphatic rings.